The van der Waals surface area contributed by atoms with Crippen molar-refractivity contribution in [2.75, 3.05) is 20.0 Å². The zero-order chi connectivity index (χ0) is 23.1. The molecule has 0 saturated heterocycles. The van der Waals surface area contributed by atoms with E-state index in [1.807, 2.05) is 50.6 Å². The number of nitrogens with zero attached hydrogens (tertiary/aromatic N) is 3. The molecular formula is C23H27N3O4S2. The highest BCUT2D eigenvalue weighted by Crippen LogP contribution is 2.34. The van der Waals surface area contributed by atoms with Crippen molar-refractivity contribution in [3.8, 4) is 22.1 Å². The van der Waals surface area contributed by atoms with Gasteiger partial charge >= 0.3 is 5.97 Å². The Balaban J connectivity index is 1.57. The summed E-state index contributed by atoms with van der Waals surface area (Å²) in [5.74, 6) is 1.09. The van der Waals surface area contributed by atoms with Crippen LogP contribution in [-0.2, 0) is 22.6 Å². The van der Waals surface area contributed by atoms with Crippen LogP contribution in [0.3, 0.4) is 0 Å². The lowest BCUT2D eigenvalue weighted by molar-refractivity contribution is -0.145. The van der Waals surface area contributed by atoms with E-state index in [9.17, 15) is 4.79 Å². The van der Waals surface area contributed by atoms with Crippen LogP contribution in [0.2, 0.25) is 0 Å². The van der Waals surface area contributed by atoms with Gasteiger partial charge < -0.3 is 14.2 Å². The molecule has 0 N–H and O–H groups in total. The molecule has 2 aromatic heterocycles. The molecule has 32 heavy (non-hydrogen) atoms. The number of carbonyl (C=O) groups is 1. The van der Waals surface area contributed by atoms with Crippen molar-refractivity contribution in [2.24, 2.45) is 0 Å². The standard InChI is InChI=1S/C23H27N3O4S2/c1-6-29-19-9-7-16(11-20(19)28-4)22-26-17(13-32-22)12-30-21(27)10-8-18-14(2)24-23(31-5)25-15(18)3/h7,9,11,13H,6,8,10,12H2,1-5H3. The Morgan fingerprint density at radius 3 is 2.53 bits per heavy atom. The largest absolute Gasteiger partial charge is 0.493 e. The summed E-state index contributed by atoms with van der Waals surface area (Å²) in [5.41, 5.74) is 4.45. The minimum Gasteiger partial charge on any atom is -0.493 e. The third-order valence-electron chi connectivity index (χ3n) is 4.81. The summed E-state index contributed by atoms with van der Waals surface area (Å²) in [6, 6.07) is 5.71. The Morgan fingerprint density at radius 2 is 1.88 bits per heavy atom. The number of aromatic nitrogens is 3. The number of hydrogen-bond acceptors (Lipinski definition) is 9. The molecular weight excluding hydrogens is 446 g/mol. The summed E-state index contributed by atoms with van der Waals surface area (Å²) in [6.07, 6.45) is 2.78. The molecule has 1 aromatic carbocycles. The van der Waals surface area contributed by atoms with Gasteiger partial charge in [-0.25, -0.2) is 15.0 Å². The minimum atomic E-state index is -0.268. The number of rotatable bonds is 10. The summed E-state index contributed by atoms with van der Waals surface area (Å²) >= 11 is 3.00. The molecule has 0 radical (unpaired) electrons. The van der Waals surface area contributed by atoms with E-state index in [1.54, 1.807) is 7.11 Å². The lowest BCUT2D eigenvalue weighted by Crippen LogP contribution is -2.09. The molecule has 3 aromatic rings. The quantitative estimate of drug-likeness (QED) is 0.231. The fourth-order valence-electron chi connectivity index (χ4n) is 3.20. The van der Waals surface area contributed by atoms with Crippen LogP contribution >= 0.6 is 23.1 Å². The van der Waals surface area contributed by atoms with Crippen molar-refractivity contribution in [3.63, 3.8) is 0 Å². The lowest BCUT2D eigenvalue weighted by atomic mass is 10.1. The van der Waals surface area contributed by atoms with E-state index in [2.05, 4.69) is 15.0 Å². The van der Waals surface area contributed by atoms with Crippen LogP contribution in [0.15, 0.2) is 28.7 Å². The number of methoxy groups -OCH3 is 1. The van der Waals surface area contributed by atoms with Gasteiger partial charge in [0.1, 0.15) is 11.6 Å². The Kier molecular flexibility index (Phi) is 8.46. The topological polar surface area (TPSA) is 83.4 Å². The van der Waals surface area contributed by atoms with Crippen LogP contribution in [0.4, 0.5) is 0 Å². The summed E-state index contributed by atoms with van der Waals surface area (Å²) < 4.78 is 16.4. The molecule has 2 heterocycles. The molecule has 0 unspecified atom stereocenters. The summed E-state index contributed by atoms with van der Waals surface area (Å²) in [4.78, 5) is 25.8. The van der Waals surface area contributed by atoms with Crippen molar-refractivity contribution >= 4 is 29.1 Å². The van der Waals surface area contributed by atoms with Crippen LogP contribution < -0.4 is 9.47 Å². The van der Waals surface area contributed by atoms with Gasteiger partial charge in [-0.2, -0.15) is 0 Å². The van der Waals surface area contributed by atoms with Gasteiger partial charge in [-0.1, -0.05) is 11.8 Å². The van der Waals surface area contributed by atoms with E-state index in [4.69, 9.17) is 14.2 Å². The highest BCUT2D eigenvalue weighted by Gasteiger charge is 2.13. The highest BCUT2D eigenvalue weighted by atomic mass is 32.2. The van der Waals surface area contributed by atoms with E-state index in [0.717, 1.165) is 32.7 Å². The van der Waals surface area contributed by atoms with E-state index in [-0.39, 0.29) is 19.0 Å². The summed E-state index contributed by atoms with van der Waals surface area (Å²) in [7, 11) is 1.61. The predicted octanol–water partition coefficient (Wildman–Crippen LogP) is 5.02. The van der Waals surface area contributed by atoms with Gasteiger partial charge in [0.2, 0.25) is 0 Å². The molecule has 0 spiro atoms. The molecule has 9 heteroatoms. The van der Waals surface area contributed by atoms with Crippen molar-refractivity contribution < 1.29 is 19.0 Å². The maximum absolute atomic E-state index is 12.3. The van der Waals surface area contributed by atoms with Crippen LogP contribution in [0, 0.1) is 13.8 Å². The molecule has 0 fully saturated rings. The van der Waals surface area contributed by atoms with Crippen molar-refractivity contribution in [1.29, 1.82) is 0 Å². The van der Waals surface area contributed by atoms with E-state index < -0.39 is 0 Å². The molecule has 0 saturated carbocycles. The van der Waals surface area contributed by atoms with Crippen LogP contribution in [0.25, 0.3) is 10.6 Å². The third-order valence-corrected chi connectivity index (χ3v) is 6.29. The number of esters is 1. The van der Waals surface area contributed by atoms with E-state index in [1.165, 1.54) is 23.1 Å². The molecule has 0 amide bonds. The number of aryl methyl sites for hydroxylation is 2. The average molecular weight is 474 g/mol. The molecule has 3 rings (SSSR count). The number of thiazole rings is 1. The first-order valence-corrected chi connectivity index (χ1v) is 12.3. The molecule has 7 nitrogen and oxygen atoms in total. The molecule has 0 aliphatic rings. The second-order valence-electron chi connectivity index (χ2n) is 6.96. The second-order valence-corrected chi connectivity index (χ2v) is 8.59. The minimum absolute atomic E-state index is 0.142. The van der Waals surface area contributed by atoms with Gasteiger partial charge in [0.25, 0.3) is 0 Å². The lowest BCUT2D eigenvalue weighted by Gasteiger charge is -2.10. The fraction of sp³-hybridized carbons (Fsp3) is 0.391. The second kappa shape index (κ2) is 11.3. The van der Waals surface area contributed by atoms with Gasteiger partial charge in [0.05, 0.1) is 19.4 Å². The first kappa shape index (κ1) is 24.0. The highest BCUT2D eigenvalue weighted by molar-refractivity contribution is 7.98. The number of ether oxygens (including phenoxy) is 3. The Morgan fingerprint density at radius 1 is 1.12 bits per heavy atom. The van der Waals surface area contributed by atoms with Crippen molar-refractivity contribution in [3.05, 3.63) is 46.2 Å². The molecule has 0 aliphatic heterocycles. The van der Waals surface area contributed by atoms with Gasteiger partial charge in [-0.15, -0.1) is 11.3 Å². The predicted molar refractivity (Wildman–Crippen MR) is 127 cm³/mol. The third kappa shape index (κ3) is 5.98. The smallest absolute Gasteiger partial charge is 0.306 e. The number of thioether (sulfide) groups is 1. The SMILES string of the molecule is CCOc1ccc(-c2nc(COC(=O)CCc3c(C)nc(SC)nc3C)cs2)cc1OC. The van der Waals surface area contributed by atoms with E-state index in [0.29, 0.717) is 30.2 Å². The van der Waals surface area contributed by atoms with Gasteiger partial charge in [-0.3, -0.25) is 4.79 Å². The fourth-order valence-corrected chi connectivity index (χ4v) is 4.45. The average Bonchev–Trinajstić information content (AvgIpc) is 3.26. The first-order valence-electron chi connectivity index (χ1n) is 10.2. The molecule has 0 aliphatic carbocycles. The van der Waals surface area contributed by atoms with Crippen molar-refractivity contribution in [1.82, 2.24) is 15.0 Å². The van der Waals surface area contributed by atoms with Gasteiger partial charge in [0, 0.05) is 28.8 Å². The molecule has 0 atom stereocenters. The number of carbonyl (C=O) groups excluding carboxylic acids is 1. The monoisotopic (exact) mass is 473 g/mol. The molecule has 170 valence electrons. The summed E-state index contributed by atoms with van der Waals surface area (Å²) in [6.45, 7) is 6.53. The van der Waals surface area contributed by atoms with Gasteiger partial charge in [-0.05, 0) is 57.2 Å². The van der Waals surface area contributed by atoms with Crippen LogP contribution in [0.5, 0.6) is 11.5 Å². The maximum atomic E-state index is 12.3. The Bertz CT molecular complexity index is 1060. The Labute approximate surface area is 196 Å². The van der Waals surface area contributed by atoms with E-state index >= 15 is 0 Å². The van der Waals surface area contributed by atoms with Crippen molar-refractivity contribution in [2.45, 2.75) is 45.4 Å². The maximum Gasteiger partial charge on any atom is 0.306 e. The number of benzene rings is 1. The normalized spacial score (nSPS) is 10.8. The first-order chi connectivity index (χ1) is 15.4. The van der Waals surface area contributed by atoms with Crippen LogP contribution in [-0.4, -0.2) is 40.9 Å². The molecule has 0 bridgehead atoms. The van der Waals surface area contributed by atoms with Gasteiger partial charge in [0.15, 0.2) is 16.7 Å². The zero-order valence-corrected chi connectivity index (χ0v) is 20.6. The Hall–Kier alpha value is -2.65. The number of hydrogen-bond donors (Lipinski definition) is 0. The van der Waals surface area contributed by atoms with Crippen LogP contribution in [0.1, 0.15) is 36.0 Å². The summed E-state index contributed by atoms with van der Waals surface area (Å²) in [5, 5.41) is 3.47. The zero-order valence-electron chi connectivity index (χ0n) is 18.9.